The maximum absolute atomic E-state index is 5.86. The highest BCUT2D eigenvalue weighted by Crippen LogP contribution is 2.12. The van der Waals surface area contributed by atoms with Gasteiger partial charge in [-0.05, 0) is 31.8 Å². The Kier molecular flexibility index (Phi) is 7.06. The van der Waals surface area contributed by atoms with Gasteiger partial charge in [-0.2, -0.15) is 0 Å². The molecule has 0 fully saturated rings. The Morgan fingerprint density at radius 1 is 0.733 bits per heavy atom. The summed E-state index contributed by atoms with van der Waals surface area (Å²) in [5.41, 5.74) is 6.81. The van der Waals surface area contributed by atoms with Crippen LogP contribution in [0, 0.1) is 0 Å². The fraction of sp³-hybridized carbons (Fsp3) is 0.714. The minimum Gasteiger partial charge on any atom is -0.399 e. The quantitative estimate of drug-likeness (QED) is 0.629. The van der Waals surface area contributed by atoms with E-state index in [1.54, 1.807) is 0 Å². The largest absolute Gasteiger partial charge is 0.399 e. The van der Waals surface area contributed by atoms with E-state index in [-0.39, 0.29) is 0 Å². The summed E-state index contributed by atoms with van der Waals surface area (Å²) in [6.45, 7) is 0. The average molecular weight is 207 g/mol. The van der Waals surface area contributed by atoms with Crippen molar-refractivity contribution in [2.24, 2.45) is 5.73 Å². The highest BCUT2D eigenvalue weighted by Gasteiger charge is 1.93. The van der Waals surface area contributed by atoms with Crippen molar-refractivity contribution < 1.29 is 0 Å². The normalized spacial score (nSPS) is 27.3. The second kappa shape index (κ2) is 8.58. The smallest absolute Gasteiger partial charge is 0.0270 e. The molecule has 1 aliphatic rings. The molecule has 1 aliphatic carbocycles. The van der Waals surface area contributed by atoms with Gasteiger partial charge in [-0.25, -0.2) is 0 Å². The molecule has 86 valence electrons. The highest BCUT2D eigenvalue weighted by atomic mass is 14.5. The zero-order valence-electron chi connectivity index (χ0n) is 9.88. The molecule has 0 saturated carbocycles. The third-order valence-electron chi connectivity index (χ3n) is 3.02. The van der Waals surface area contributed by atoms with E-state index >= 15 is 0 Å². The Hall–Kier alpha value is -0.720. The van der Waals surface area contributed by atoms with E-state index in [2.05, 4.69) is 18.2 Å². The Bertz CT molecular complexity index is 203. The van der Waals surface area contributed by atoms with Crippen LogP contribution in [0.2, 0.25) is 0 Å². The summed E-state index contributed by atoms with van der Waals surface area (Å²) in [4.78, 5) is 0. The Balaban J connectivity index is 2.30. The molecule has 0 aromatic rings. The molecule has 1 nitrogen and oxygen atoms in total. The standard InChI is InChI=1S/C14H25N/c15-14-12-10-8-6-4-2-1-3-5-7-9-11-13-14/h10,12-13H,1-9,11,15H2/b12-10-,14-13-. The average Bonchev–Trinajstić information content (AvgIpc) is 2.24. The molecule has 15 heavy (non-hydrogen) atoms. The van der Waals surface area contributed by atoms with E-state index in [0.717, 1.165) is 12.1 Å². The van der Waals surface area contributed by atoms with Crippen LogP contribution in [-0.2, 0) is 0 Å². The Morgan fingerprint density at radius 3 is 1.93 bits per heavy atom. The van der Waals surface area contributed by atoms with E-state index in [0.29, 0.717) is 0 Å². The number of allylic oxidation sites excluding steroid dienone is 3. The number of nitrogens with two attached hydrogens (primary N) is 1. The summed E-state index contributed by atoms with van der Waals surface area (Å²) in [7, 11) is 0. The van der Waals surface area contributed by atoms with Gasteiger partial charge in [0.05, 0.1) is 0 Å². The lowest BCUT2D eigenvalue weighted by molar-refractivity contribution is 0.570. The molecule has 2 N–H and O–H groups in total. The molecule has 1 rings (SSSR count). The van der Waals surface area contributed by atoms with Crippen LogP contribution in [0.1, 0.15) is 64.2 Å². The van der Waals surface area contributed by atoms with Gasteiger partial charge in [-0.3, -0.25) is 0 Å². The minimum absolute atomic E-state index is 0.951. The summed E-state index contributed by atoms with van der Waals surface area (Å²) < 4.78 is 0. The summed E-state index contributed by atoms with van der Waals surface area (Å²) in [5.74, 6) is 0. The topological polar surface area (TPSA) is 26.0 Å². The summed E-state index contributed by atoms with van der Waals surface area (Å²) >= 11 is 0. The minimum atomic E-state index is 0.951. The second-order valence-corrected chi connectivity index (χ2v) is 4.51. The van der Waals surface area contributed by atoms with Crippen LogP contribution in [0.5, 0.6) is 0 Å². The number of hydrogen-bond donors (Lipinski definition) is 1. The highest BCUT2D eigenvalue weighted by molar-refractivity contribution is 5.14. The van der Waals surface area contributed by atoms with Crippen molar-refractivity contribution >= 4 is 0 Å². The van der Waals surface area contributed by atoms with Crippen molar-refractivity contribution in [2.75, 3.05) is 0 Å². The van der Waals surface area contributed by atoms with Crippen molar-refractivity contribution in [1.82, 2.24) is 0 Å². The van der Waals surface area contributed by atoms with Crippen molar-refractivity contribution in [3.8, 4) is 0 Å². The molecule has 1 heteroatoms. The van der Waals surface area contributed by atoms with Crippen LogP contribution in [0.15, 0.2) is 23.9 Å². The van der Waals surface area contributed by atoms with Gasteiger partial charge in [0.15, 0.2) is 0 Å². The molecule has 0 saturated heterocycles. The molecular weight excluding hydrogens is 182 g/mol. The molecule has 0 amide bonds. The molecule has 0 radical (unpaired) electrons. The Morgan fingerprint density at radius 2 is 1.27 bits per heavy atom. The SMILES string of the molecule is NC1=C\CCCCCCCCCC/C=C\1. The zero-order chi connectivity index (χ0) is 10.8. The van der Waals surface area contributed by atoms with Crippen LogP contribution in [0.3, 0.4) is 0 Å². The molecular formula is C14H25N. The van der Waals surface area contributed by atoms with Crippen molar-refractivity contribution in [2.45, 2.75) is 64.2 Å². The van der Waals surface area contributed by atoms with Gasteiger partial charge in [0.2, 0.25) is 0 Å². The van der Waals surface area contributed by atoms with Crippen molar-refractivity contribution in [3.63, 3.8) is 0 Å². The van der Waals surface area contributed by atoms with Crippen molar-refractivity contribution in [3.05, 3.63) is 23.9 Å². The van der Waals surface area contributed by atoms with Crippen LogP contribution >= 0.6 is 0 Å². The molecule has 0 unspecified atom stereocenters. The predicted molar refractivity (Wildman–Crippen MR) is 67.6 cm³/mol. The fourth-order valence-electron chi connectivity index (χ4n) is 2.02. The first-order valence-corrected chi connectivity index (χ1v) is 6.52. The zero-order valence-corrected chi connectivity index (χ0v) is 9.88. The molecule has 0 aromatic heterocycles. The molecule has 0 heterocycles. The van der Waals surface area contributed by atoms with Gasteiger partial charge in [0, 0.05) is 5.70 Å². The van der Waals surface area contributed by atoms with E-state index < -0.39 is 0 Å². The van der Waals surface area contributed by atoms with Crippen LogP contribution in [0.25, 0.3) is 0 Å². The monoisotopic (exact) mass is 207 g/mol. The second-order valence-electron chi connectivity index (χ2n) is 4.51. The number of hydrogen-bond acceptors (Lipinski definition) is 1. The first kappa shape index (κ1) is 12.4. The lowest BCUT2D eigenvalue weighted by Crippen LogP contribution is -1.93. The number of rotatable bonds is 0. The van der Waals surface area contributed by atoms with Gasteiger partial charge in [0.25, 0.3) is 0 Å². The summed E-state index contributed by atoms with van der Waals surface area (Å²) in [6.07, 6.45) is 19.9. The third kappa shape index (κ3) is 7.24. The molecule has 0 aliphatic heterocycles. The first-order valence-electron chi connectivity index (χ1n) is 6.52. The van der Waals surface area contributed by atoms with Gasteiger partial charge < -0.3 is 5.73 Å². The van der Waals surface area contributed by atoms with Gasteiger partial charge in [-0.15, -0.1) is 0 Å². The molecule has 0 aromatic carbocycles. The van der Waals surface area contributed by atoms with Crippen LogP contribution < -0.4 is 5.73 Å². The van der Waals surface area contributed by atoms with E-state index in [9.17, 15) is 0 Å². The molecule has 0 bridgehead atoms. The lowest BCUT2D eigenvalue weighted by atomic mass is 10.1. The molecule has 0 spiro atoms. The Labute approximate surface area is 94.4 Å². The van der Waals surface area contributed by atoms with Crippen LogP contribution in [0.4, 0.5) is 0 Å². The fourth-order valence-corrected chi connectivity index (χ4v) is 2.02. The summed E-state index contributed by atoms with van der Waals surface area (Å²) in [5, 5.41) is 0. The first-order chi connectivity index (χ1) is 7.39. The van der Waals surface area contributed by atoms with Gasteiger partial charge >= 0.3 is 0 Å². The maximum atomic E-state index is 5.86. The maximum Gasteiger partial charge on any atom is 0.0270 e. The third-order valence-corrected chi connectivity index (χ3v) is 3.02. The van der Waals surface area contributed by atoms with Gasteiger partial charge in [-0.1, -0.05) is 50.7 Å². The van der Waals surface area contributed by atoms with Crippen LogP contribution in [-0.4, -0.2) is 0 Å². The van der Waals surface area contributed by atoms with E-state index in [1.165, 1.54) is 57.8 Å². The predicted octanol–water partition coefficient (Wildman–Crippen LogP) is 4.30. The van der Waals surface area contributed by atoms with Crippen molar-refractivity contribution in [1.29, 1.82) is 0 Å². The lowest BCUT2D eigenvalue weighted by Gasteiger charge is -2.02. The van der Waals surface area contributed by atoms with E-state index in [4.69, 9.17) is 5.73 Å². The summed E-state index contributed by atoms with van der Waals surface area (Å²) in [6, 6.07) is 0. The van der Waals surface area contributed by atoms with Gasteiger partial charge in [0.1, 0.15) is 0 Å². The molecule has 0 atom stereocenters. The van der Waals surface area contributed by atoms with E-state index in [1.807, 2.05) is 0 Å².